The molecule has 0 aliphatic rings. The second-order valence-electron chi connectivity index (χ2n) is 3.24. The van der Waals surface area contributed by atoms with Gasteiger partial charge in [0.05, 0.1) is 6.54 Å². The van der Waals surface area contributed by atoms with E-state index >= 15 is 0 Å². The average Bonchev–Trinajstić information content (AvgIpc) is 2.60. The van der Waals surface area contributed by atoms with Gasteiger partial charge in [0.1, 0.15) is 5.82 Å². The molecule has 84 valence electrons. The predicted molar refractivity (Wildman–Crippen MR) is 61.7 cm³/mol. The fourth-order valence-corrected chi connectivity index (χ4v) is 1.71. The number of nitrogens with zero attached hydrogens (tertiary/aromatic N) is 3. The van der Waals surface area contributed by atoms with E-state index in [2.05, 4.69) is 10.1 Å². The summed E-state index contributed by atoms with van der Waals surface area (Å²) in [6.07, 6.45) is 1.88. The molecule has 0 bridgehead atoms. The molecule has 0 radical (unpaired) electrons. The van der Waals surface area contributed by atoms with Crippen molar-refractivity contribution in [1.82, 2.24) is 14.8 Å². The topological polar surface area (TPSA) is 56.7 Å². The Hall–Kier alpha value is -1.56. The van der Waals surface area contributed by atoms with Gasteiger partial charge in [-0.05, 0) is 24.0 Å². The monoisotopic (exact) mass is 238 g/mol. The average molecular weight is 238 g/mol. The molecule has 0 aliphatic heterocycles. The number of nitrogens with two attached hydrogens (primary N) is 1. The summed E-state index contributed by atoms with van der Waals surface area (Å²) in [6, 6.07) is 6.34. The van der Waals surface area contributed by atoms with Gasteiger partial charge in [0.2, 0.25) is 11.1 Å². The van der Waals surface area contributed by atoms with Crippen molar-refractivity contribution < 1.29 is 4.39 Å². The van der Waals surface area contributed by atoms with E-state index in [0.717, 1.165) is 5.56 Å². The smallest absolute Gasteiger partial charge is 0.219 e. The van der Waals surface area contributed by atoms with E-state index in [-0.39, 0.29) is 5.82 Å². The minimum absolute atomic E-state index is 0.263. The van der Waals surface area contributed by atoms with Crippen molar-refractivity contribution in [3.63, 3.8) is 0 Å². The van der Waals surface area contributed by atoms with Gasteiger partial charge < -0.3 is 5.73 Å². The Bertz CT molecular complexity index is 497. The first-order valence-corrected chi connectivity index (χ1v) is 5.90. The molecule has 2 aromatic rings. The van der Waals surface area contributed by atoms with Crippen LogP contribution in [0.4, 0.5) is 10.3 Å². The summed E-state index contributed by atoms with van der Waals surface area (Å²) < 4.78 is 14.5. The van der Waals surface area contributed by atoms with Crippen molar-refractivity contribution in [2.24, 2.45) is 0 Å². The van der Waals surface area contributed by atoms with Gasteiger partial charge in [0, 0.05) is 0 Å². The molecule has 0 amide bonds. The van der Waals surface area contributed by atoms with E-state index in [1.807, 2.05) is 12.3 Å². The Kier molecular flexibility index (Phi) is 3.09. The van der Waals surface area contributed by atoms with E-state index in [4.69, 9.17) is 5.73 Å². The molecule has 1 heterocycles. The lowest BCUT2D eigenvalue weighted by molar-refractivity contribution is 0.618. The third kappa shape index (κ3) is 2.33. The first-order valence-electron chi connectivity index (χ1n) is 4.68. The molecular weight excluding hydrogens is 227 g/mol. The van der Waals surface area contributed by atoms with E-state index in [9.17, 15) is 4.39 Å². The van der Waals surface area contributed by atoms with Crippen LogP contribution < -0.4 is 5.73 Å². The van der Waals surface area contributed by atoms with Crippen molar-refractivity contribution in [2.75, 3.05) is 12.0 Å². The molecule has 0 unspecified atom stereocenters. The van der Waals surface area contributed by atoms with Crippen LogP contribution >= 0.6 is 11.8 Å². The fourth-order valence-electron chi connectivity index (χ4n) is 1.34. The van der Waals surface area contributed by atoms with Gasteiger partial charge in [0.15, 0.2) is 0 Å². The molecule has 2 rings (SSSR count). The number of aromatic nitrogens is 3. The first kappa shape index (κ1) is 10.9. The minimum atomic E-state index is -0.263. The normalized spacial score (nSPS) is 10.6. The minimum Gasteiger partial charge on any atom is -0.368 e. The van der Waals surface area contributed by atoms with Crippen LogP contribution in [0.1, 0.15) is 5.56 Å². The van der Waals surface area contributed by atoms with E-state index in [1.165, 1.54) is 23.9 Å². The number of benzene rings is 1. The van der Waals surface area contributed by atoms with E-state index in [0.29, 0.717) is 17.6 Å². The quantitative estimate of drug-likeness (QED) is 0.828. The second kappa shape index (κ2) is 4.52. The third-order valence-corrected chi connectivity index (χ3v) is 2.62. The third-order valence-electron chi connectivity index (χ3n) is 2.08. The molecule has 2 N–H and O–H groups in total. The number of rotatable bonds is 3. The van der Waals surface area contributed by atoms with Crippen molar-refractivity contribution in [1.29, 1.82) is 0 Å². The zero-order valence-corrected chi connectivity index (χ0v) is 9.54. The lowest BCUT2D eigenvalue weighted by Gasteiger charge is -2.02. The Balaban J connectivity index is 2.23. The molecule has 0 saturated carbocycles. The highest BCUT2D eigenvalue weighted by atomic mass is 32.2. The number of anilines is 1. The fraction of sp³-hybridized carbons (Fsp3) is 0.200. The molecule has 0 aliphatic carbocycles. The maximum atomic E-state index is 13.0. The molecular formula is C10H11FN4S. The highest BCUT2D eigenvalue weighted by Crippen LogP contribution is 2.13. The molecule has 0 fully saturated rings. The van der Waals surface area contributed by atoms with Crippen molar-refractivity contribution in [3.05, 3.63) is 35.6 Å². The predicted octanol–water partition coefficient (Wildman–Crippen LogP) is 1.77. The van der Waals surface area contributed by atoms with Gasteiger partial charge in [-0.1, -0.05) is 23.9 Å². The Morgan fingerprint density at radius 2 is 2.31 bits per heavy atom. The first-order chi connectivity index (χ1) is 7.69. The molecule has 1 aromatic heterocycles. The maximum Gasteiger partial charge on any atom is 0.219 e. The molecule has 6 heteroatoms. The summed E-state index contributed by atoms with van der Waals surface area (Å²) in [5, 5.41) is 4.79. The summed E-state index contributed by atoms with van der Waals surface area (Å²) in [6.45, 7) is 0.428. The van der Waals surface area contributed by atoms with E-state index in [1.54, 1.807) is 10.7 Å². The summed E-state index contributed by atoms with van der Waals surface area (Å²) in [5.74, 6) is 0.0786. The zero-order chi connectivity index (χ0) is 11.5. The number of nitrogen functional groups attached to an aromatic ring is 1. The summed E-state index contributed by atoms with van der Waals surface area (Å²) in [7, 11) is 0. The van der Waals surface area contributed by atoms with Crippen LogP contribution in [0.25, 0.3) is 0 Å². The zero-order valence-electron chi connectivity index (χ0n) is 8.72. The number of thioether (sulfide) groups is 1. The largest absolute Gasteiger partial charge is 0.368 e. The molecule has 0 saturated heterocycles. The van der Waals surface area contributed by atoms with E-state index < -0.39 is 0 Å². The Morgan fingerprint density at radius 3 is 2.94 bits per heavy atom. The number of hydrogen-bond donors (Lipinski definition) is 1. The molecule has 4 nitrogen and oxygen atoms in total. The summed E-state index contributed by atoms with van der Waals surface area (Å²) in [5.41, 5.74) is 6.49. The lowest BCUT2D eigenvalue weighted by Crippen LogP contribution is -2.06. The van der Waals surface area contributed by atoms with Gasteiger partial charge in [-0.2, -0.15) is 4.98 Å². The molecule has 0 atom stereocenters. The van der Waals surface area contributed by atoms with Gasteiger partial charge >= 0.3 is 0 Å². The Morgan fingerprint density at radius 1 is 1.50 bits per heavy atom. The highest BCUT2D eigenvalue weighted by Gasteiger charge is 2.06. The molecule has 0 spiro atoms. The van der Waals surface area contributed by atoms with Crippen molar-refractivity contribution in [2.45, 2.75) is 11.7 Å². The molecule has 1 aromatic carbocycles. The van der Waals surface area contributed by atoms with Crippen LogP contribution in [-0.2, 0) is 6.54 Å². The highest BCUT2D eigenvalue weighted by molar-refractivity contribution is 7.98. The van der Waals surface area contributed by atoms with Crippen molar-refractivity contribution >= 4 is 17.7 Å². The maximum absolute atomic E-state index is 13.0. The van der Waals surface area contributed by atoms with Crippen LogP contribution in [0.2, 0.25) is 0 Å². The Labute approximate surface area is 96.7 Å². The molecule has 16 heavy (non-hydrogen) atoms. The standard InChI is InChI=1S/C10H11FN4S/c1-16-10-13-9(12)15(14-10)6-7-3-2-4-8(11)5-7/h2-5H,6H2,1H3,(H2,12,13,14). The second-order valence-corrected chi connectivity index (χ2v) is 4.02. The summed E-state index contributed by atoms with van der Waals surface area (Å²) >= 11 is 1.42. The van der Waals surface area contributed by atoms with Crippen LogP contribution in [0, 0.1) is 5.82 Å². The SMILES string of the molecule is CSc1nc(N)n(Cc2cccc(F)c2)n1. The number of halogens is 1. The van der Waals surface area contributed by atoms with Gasteiger partial charge in [-0.15, -0.1) is 5.10 Å². The van der Waals surface area contributed by atoms with Crippen LogP contribution in [0.5, 0.6) is 0 Å². The van der Waals surface area contributed by atoms with Gasteiger partial charge in [-0.3, -0.25) is 0 Å². The van der Waals surface area contributed by atoms with Gasteiger partial charge in [-0.25, -0.2) is 9.07 Å². The summed E-state index contributed by atoms with van der Waals surface area (Å²) in [4.78, 5) is 4.05. The lowest BCUT2D eigenvalue weighted by atomic mass is 10.2. The van der Waals surface area contributed by atoms with Crippen molar-refractivity contribution in [3.8, 4) is 0 Å². The van der Waals surface area contributed by atoms with Gasteiger partial charge in [0.25, 0.3) is 0 Å². The van der Waals surface area contributed by atoms with Crippen LogP contribution in [-0.4, -0.2) is 21.0 Å². The van der Waals surface area contributed by atoms with Crippen LogP contribution in [0.3, 0.4) is 0 Å². The van der Waals surface area contributed by atoms with Crippen LogP contribution in [0.15, 0.2) is 29.4 Å². The number of hydrogen-bond acceptors (Lipinski definition) is 4.